The van der Waals surface area contributed by atoms with Gasteiger partial charge in [-0.2, -0.15) is 0 Å². The second kappa shape index (κ2) is 8.61. The van der Waals surface area contributed by atoms with Gasteiger partial charge in [-0.05, 0) is 49.5 Å². The van der Waals surface area contributed by atoms with Gasteiger partial charge in [-0.25, -0.2) is 0 Å². The Morgan fingerprint density at radius 2 is 1.67 bits per heavy atom. The first-order chi connectivity index (χ1) is 10.2. The highest BCUT2D eigenvalue weighted by atomic mass is 14.3. The van der Waals surface area contributed by atoms with Crippen LogP contribution in [0.25, 0.3) is 0 Å². The SMILES string of the molecule is CCC(C)CCCC(c1ccc(C)cc1)C1CCCCC1. The van der Waals surface area contributed by atoms with Crippen LogP contribution < -0.4 is 0 Å². The number of hydrogen-bond donors (Lipinski definition) is 0. The number of hydrogen-bond acceptors (Lipinski definition) is 0. The van der Waals surface area contributed by atoms with Gasteiger partial charge in [-0.3, -0.25) is 0 Å². The maximum atomic E-state index is 2.40. The minimum Gasteiger partial charge on any atom is -0.0651 e. The molecule has 21 heavy (non-hydrogen) atoms. The van der Waals surface area contributed by atoms with Gasteiger partial charge in [0.1, 0.15) is 0 Å². The highest BCUT2D eigenvalue weighted by Crippen LogP contribution is 2.39. The third-order valence-corrected chi connectivity index (χ3v) is 5.63. The first kappa shape index (κ1) is 16.6. The van der Waals surface area contributed by atoms with Crippen LogP contribution in [0.4, 0.5) is 0 Å². The monoisotopic (exact) mass is 286 g/mol. The van der Waals surface area contributed by atoms with Crippen LogP contribution in [0, 0.1) is 18.8 Å². The van der Waals surface area contributed by atoms with Crippen molar-refractivity contribution in [1.82, 2.24) is 0 Å². The summed E-state index contributed by atoms with van der Waals surface area (Å²) in [7, 11) is 0. The molecule has 2 rings (SSSR count). The molecule has 0 bridgehead atoms. The molecule has 2 unspecified atom stereocenters. The second-order valence-electron chi connectivity index (χ2n) is 7.36. The van der Waals surface area contributed by atoms with Gasteiger partial charge in [0.15, 0.2) is 0 Å². The van der Waals surface area contributed by atoms with Gasteiger partial charge in [0.25, 0.3) is 0 Å². The summed E-state index contributed by atoms with van der Waals surface area (Å²) in [5.74, 6) is 2.66. The van der Waals surface area contributed by atoms with E-state index in [4.69, 9.17) is 0 Å². The van der Waals surface area contributed by atoms with Crippen molar-refractivity contribution in [3.63, 3.8) is 0 Å². The average Bonchev–Trinajstić information content (AvgIpc) is 2.53. The van der Waals surface area contributed by atoms with Gasteiger partial charge in [0.05, 0.1) is 0 Å². The lowest BCUT2D eigenvalue weighted by molar-refractivity contribution is 0.285. The summed E-state index contributed by atoms with van der Waals surface area (Å²) >= 11 is 0. The lowest BCUT2D eigenvalue weighted by Gasteiger charge is -2.31. The van der Waals surface area contributed by atoms with Crippen LogP contribution in [-0.2, 0) is 0 Å². The fraction of sp³-hybridized carbons (Fsp3) is 0.714. The van der Waals surface area contributed by atoms with Crippen molar-refractivity contribution in [3.05, 3.63) is 35.4 Å². The predicted octanol–water partition coefficient (Wildman–Crippen LogP) is 6.88. The van der Waals surface area contributed by atoms with Gasteiger partial charge in [0, 0.05) is 0 Å². The maximum Gasteiger partial charge on any atom is -0.0134 e. The normalized spacial score (nSPS) is 19.4. The predicted molar refractivity (Wildman–Crippen MR) is 93.8 cm³/mol. The Morgan fingerprint density at radius 1 is 1.00 bits per heavy atom. The van der Waals surface area contributed by atoms with Crippen LogP contribution in [0.2, 0.25) is 0 Å². The van der Waals surface area contributed by atoms with Gasteiger partial charge >= 0.3 is 0 Å². The first-order valence-electron chi connectivity index (χ1n) is 9.27. The Hall–Kier alpha value is -0.780. The Morgan fingerprint density at radius 3 is 2.29 bits per heavy atom. The van der Waals surface area contributed by atoms with E-state index in [0.717, 1.165) is 17.8 Å². The maximum absolute atomic E-state index is 2.40. The topological polar surface area (TPSA) is 0 Å². The van der Waals surface area contributed by atoms with Gasteiger partial charge in [-0.1, -0.05) is 82.2 Å². The van der Waals surface area contributed by atoms with E-state index in [1.807, 2.05) is 0 Å². The van der Waals surface area contributed by atoms with E-state index in [2.05, 4.69) is 45.0 Å². The van der Waals surface area contributed by atoms with Crippen molar-refractivity contribution >= 4 is 0 Å². The molecule has 1 aromatic carbocycles. The zero-order valence-electron chi connectivity index (χ0n) is 14.4. The molecule has 0 aliphatic heterocycles. The molecule has 1 fully saturated rings. The van der Waals surface area contributed by atoms with Crippen LogP contribution in [0.3, 0.4) is 0 Å². The van der Waals surface area contributed by atoms with Crippen LogP contribution in [-0.4, -0.2) is 0 Å². The molecule has 118 valence electrons. The van der Waals surface area contributed by atoms with E-state index in [1.165, 1.54) is 63.4 Å². The summed E-state index contributed by atoms with van der Waals surface area (Å²) < 4.78 is 0. The minimum atomic E-state index is 0.815. The highest BCUT2D eigenvalue weighted by molar-refractivity contribution is 5.25. The molecular formula is C21H34. The molecule has 0 spiro atoms. The Labute approximate surface area is 132 Å². The van der Waals surface area contributed by atoms with Crippen molar-refractivity contribution in [2.75, 3.05) is 0 Å². The number of rotatable bonds is 7. The second-order valence-corrected chi connectivity index (χ2v) is 7.36. The molecule has 0 N–H and O–H groups in total. The van der Waals surface area contributed by atoms with Crippen LogP contribution in [0.15, 0.2) is 24.3 Å². The summed E-state index contributed by atoms with van der Waals surface area (Å²) in [6.45, 7) is 6.92. The summed E-state index contributed by atoms with van der Waals surface area (Å²) in [6, 6.07) is 9.41. The molecule has 0 amide bonds. The summed E-state index contributed by atoms with van der Waals surface area (Å²) in [5.41, 5.74) is 3.00. The molecule has 0 nitrogen and oxygen atoms in total. The smallest absolute Gasteiger partial charge is 0.0134 e. The Balaban J connectivity index is 2.00. The van der Waals surface area contributed by atoms with E-state index < -0.39 is 0 Å². The molecule has 0 heterocycles. The quantitative estimate of drug-likeness (QED) is 0.512. The average molecular weight is 287 g/mol. The largest absolute Gasteiger partial charge is 0.0651 e. The van der Waals surface area contributed by atoms with Gasteiger partial charge in [0.2, 0.25) is 0 Å². The molecule has 1 saturated carbocycles. The molecule has 1 aromatic rings. The molecule has 0 aromatic heterocycles. The molecule has 0 saturated heterocycles. The standard InChI is InChI=1S/C21H34/c1-4-17(2)9-8-12-21(19-10-6-5-7-11-19)20-15-13-18(3)14-16-20/h13-17,19,21H,4-12H2,1-3H3. The van der Waals surface area contributed by atoms with Crippen LogP contribution >= 0.6 is 0 Å². The zero-order chi connectivity index (χ0) is 15.1. The third kappa shape index (κ3) is 5.16. The lowest BCUT2D eigenvalue weighted by Crippen LogP contribution is -2.17. The van der Waals surface area contributed by atoms with Crippen molar-refractivity contribution in [2.24, 2.45) is 11.8 Å². The molecule has 0 heteroatoms. The summed E-state index contributed by atoms with van der Waals surface area (Å²) in [6.07, 6.45) is 12.8. The lowest BCUT2D eigenvalue weighted by atomic mass is 9.74. The van der Waals surface area contributed by atoms with Gasteiger partial charge < -0.3 is 0 Å². The molecule has 0 radical (unpaired) electrons. The Kier molecular flexibility index (Phi) is 6.80. The van der Waals surface area contributed by atoms with Crippen molar-refractivity contribution in [2.45, 2.75) is 84.5 Å². The van der Waals surface area contributed by atoms with Crippen molar-refractivity contribution in [3.8, 4) is 0 Å². The number of aryl methyl sites for hydroxylation is 1. The molecule has 1 aliphatic rings. The van der Waals surface area contributed by atoms with Crippen LogP contribution in [0.1, 0.15) is 88.7 Å². The van der Waals surface area contributed by atoms with Crippen molar-refractivity contribution < 1.29 is 0 Å². The third-order valence-electron chi connectivity index (χ3n) is 5.63. The molecule has 2 atom stereocenters. The fourth-order valence-electron chi connectivity index (χ4n) is 3.92. The minimum absolute atomic E-state index is 0.815. The number of benzene rings is 1. The summed E-state index contributed by atoms with van der Waals surface area (Å²) in [5, 5.41) is 0. The van der Waals surface area contributed by atoms with E-state index in [9.17, 15) is 0 Å². The summed E-state index contributed by atoms with van der Waals surface area (Å²) in [4.78, 5) is 0. The fourth-order valence-corrected chi connectivity index (χ4v) is 3.92. The van der Waals surface area contributed by atoms with E-state index in [0.29, 0.717) is 0 Å². The molecule has 1 aliphatic carbocycles. The van der Waals surface area contributed by atoms with Crippen molar-refractivity contribution in [1.29, 1.82) is 0 Å². The van der Waals surface area contributed by atoms with E-state index in [-0.39, 0.29) is 0 Å². The van der Waals surface area contributed by atoms with Crippen LogP contribution in [0.5, 0.6) is 0 Å². The Bertz CT molecular complexity index is 383. The van der Waals surface area contributed by atoms with E-state index in [1.54, 1.807) is 5.56 Å². The van der Waals surface area contributed by atoms with Gasteiger partial charge in [-0.15, -0.1) is 0 Å². The highest BCUT2D eigenvalue weighted by Gasteiger charge is 2.24. The first-order valence-corrected chi connectivity index (χ1v) is 9.27. The molecular weight excluding hydrogens is 252 g/mol. The van der Waals surface area contributed by atoms with E-state index >= 15 is 0 Å². The zero-order valence-corrected chi connectivity index (χ0v) is 14.4.